The first-order chi connectivity index (χ1) is 12.9. The Labute approximate surface area is 158 Å². The van der Waals surface area contributed by atoms with Gasteiger partial charge < -0.3 is 0 Å². The van der Waals surface area contributed by atoms with Gasteiger partial charge in [-0.3, -0.25) is 0 Å². The van der Waals surface area contributed by atoms with Gasteiger partial charge in [0.15, 0.2) is 0 Å². The molecule has 0 spiro atoms. The third-order valence-electron chi connectivity index (χ3n) is 4.90. The molecule has 0 unspecified atom stereocenters. The number of hydrogen-bond acceptors (Lipinski definition) is 3. The molecule has 122 valence electrons. The smallest absolute Gasteiger partial charge is 0.0895 e. The summed E-state index contributed by atoms with van der Waals surface area (Å²) < 4.78 is 5.20. The van der Waals surface area contributed by atoms with E-state index in [1.165, 1.54) is 40.5 Å². The van der Waals surface area contributed by atoms with E-state index in [9.17, 15) is 0 Å². The molecule has 0 aliphatic heterocycles. The first-order valence-electron chi connectivity index (χ1n) is 8.57. The summed E-state index contributed by atoms with van der Waals surface area (Å²) in [5.41, 5.74) is 3.38. The van der Waals surface area contributed by atoms with Crippen LogP contribution in [0.3, 0.4) is 0 Å². The summed E-state index contributed by atoms with van der Waals surface area (Å²) in [7, 11) is 0. The fourth-order valence-electron chi connectivity index (χ4n) is 3.73. The Morgan fingerprint density at radius 2 is 1.23 bits per heavy atom. The van der Waals surface area contributed by atoms with Gasteiger partial charge in [0.2, 0.25) is 0 Å². The normalized spacial score (nSPS) is 11.8. The highest BCUT2D eigenvalue weighted by Crippen LogP contribution is 2.40. The maximum absolute atomic E-state index is 5.09. The van der Waals surface area contributed by atoms with Gasteiger partial charge in [-0.1, -0.05) is 48.5 Å². The van der Waals surface area contributed by atoms with Crippen LogP contribution < -0.4 is 0 Å². The minimum atomic E-state index is 1.05. The molecule has 0 aliphatic carbocycles. The number of thiophene rings is 2. The van der Waals surface area contributed by atoms with Crippen molar-refractivity contribution in [2.75, 3.05) is 0 Å². The Hall–Kier alpha value is -2.75. The van der Waals surface area contributed by atoms with Crippen LogP contribution in [0.15, 0.2) is 78.9 Å². The van der Waals surface area contributed by atoms with E-state index in [1.54, 1.807) is 0 Å². The number of fused-ring (bicyclic) bond motifs is 6. The molecule has 0 saturated heterocycles. The quantitative estimate of drug-likeness (QED) is 0.293. The van der Waals surface area contributed by atoms with Gasteiger partial charge in [-0.2, -0.15) is 0 Å². The molecular formula is C23H13NS2. The van der Waals surface area contributed by atoms with Gasteiger partial charge in [0.25, 0.3) is 0 Å². The van der Waals surface area contributed by atoms with Crippen molar-refractivity contribution < 1.29 is 0 Å². The highest BCUT2D eigenvalue weighted by atomic mass is 32.1. The average Bonchev–Trinajstić information content (AvgIpc) is 3.25. The molecule has 0 N–H and O–H groups in total. The number of pyridine rings is 1. The predicted octanol–water partition coefficient (Wildman–Crippen LogP) is 7.48. The van der Waals surface area contributed by atoms with Gasteiger partial charge in [0.05, 0.1) is 15.9 Å². The SMILES string of the molecule is c1ccc2c(c1)sc1ccc(-c3cccc4sc5ccccc5c34)nc12. The molecule has 3 aromatic heterocycles. The van der Waals surface area contributed by atoms with E-state index in [-0.39, 0.29) is 0 Å². The van der Waals surface area contributed by atoms with Crippen molar-refractivity contribution in [1.29, 1.82) is 0 Å². The lowest BCUT2D eigenvalue weighted by Crippen LogP contribution is -1.84. The first kappa shape index (κ1) is 14.4. The van der Waals surface area contributed by atoms with Crippen molar-refractivity contribution in [3.63, 3.8) is 0 Å². The van der Waals surface area contributed by atoms with Crippen LogP contribution in [0.2, 0.25) is 0 Å². The molecule has 0 atom stereocenters. The lowest BCUT2D eigenvalue weighted by molar-refractivity contribution is 1.43. The molecule has 0 amide bonds. The van der Waals surface area contributed by atoms with Crippen molar-refractivity contribution in [3.05, 3.63) is 78.9 Å². The lowest BCUT2D eigenvalue weighted by atomic mass is 10.0. The van der Waals surface area contributed by atoms with Crippen molar-refractivity contribution >= 4 is 63.1 Å². The Balaban J connectivity index is 1.71. The van der Waals surface area contributed by atoms with Gasteiger partial charge in [0.1, 0.15) is 0 Å². The molecule has 3 aromatic carbocycles. The number of nitrogens with zero attached hydrogens (tertiary/aromatic N) is 1. The van der Waals surface area contributed by atoms with Crippen molar-refractivity contribution in [2.24, 2.45) is 0 Å². The fourth-order valence-corrected chi connectivity index (χ4v) is 5.91. The third-order valence-corrected chi connectivity index (χ3v) is 7.16. The molecular weight excluding hydrogens is 354 g/mol. The maximum Gasteiger partial charge on any atom is 0.0895 e. The van der Waals surface area contributed by atoms with Crippen LogP contribution in [0.25, 0.3) is 51.7 Å². The molecule has 3 heterocycles. The van der Waals surface area contributed by atoms with Crippen molar-refractivity contribution in [2.45, 2.75) is 0 Å². The first-order valence-corrected chi connectivity index (χ1v) is 10.2. The van der Waals surface area contributed by atoms with Gasteiger partial charge in [0, 0.05) is 35.8 Å². The van der Waals surface area contributed by atoms with E-state index in [0.717, 1.165) is 11.2 Å². The summed E-state index contributed by atoms with van der Waals surface area (Å²) in [5, 5.41) is 3.89. The number of rotatable bonds is 1. The zero-order chi connectivity index (χ0) is 17.1. The summed E-state index contributed by atoms with van der Waals surface area (Å²) >= 11 is 3.67. The third kappa shape index (κ3) is 1.99. The Morgan fingerprint density at radius 1 is 0.538 bits per heavy atom. The molecule has 0 aliphatic rings. The number of aromatic nitrogens is 1. The highest BCUT2D eigenvalue weighted by molar-refractivity contribution is 7.26. The van der Waals surface area contributed by atoms with Crippen molar-refractivity contribution in [1.82, 2.24) is 4.98 Å². The van der Waals surface area contributed by atoms with Gasteiger partial charge >= 0.3 is 0 Å². The standard InChI is InChI=1S/C23H13NS2/c1-3-9-18-15(6-1)22-14(8-5-11-20(22)25-18)17-12-13-21-23(24-17)16-7-2-4-10-19(16)26-21/h1-13H. The highest BCUT2D eigenvalue weighted by Gasteiger charge is 2.13. The van der Waals surface area contributed by atoms with Crippen LogP contribution in [0.1, 0.15) is 0 Å². The summed E-state index contributed by atoms with van der Waals surface area (Å²) in [5.74, 6) is 0. The van der Waals surface area contributed by atoms with Crippen LogP contribution in [0.5, 0.6) is 0 Å². The molecule has 0 radical (unpaired) electrons. The van der Waals surface area contributed by atoms with Gasteiger partial charge in [-0.05, 0) is 30.3 Å². The summed E-state index contributed by atoms with van der Waals surface area (Å²) in [6.07, 6.45) is 0. The topological polar surface area (TPSA) is 12.9 Å². The van der Waals surface area contributed by atoms with E-state index in [4.69, 9.17) is 4.98 Å². The largest absolute Gasteiger partial charge is 0.246 e. The summed E-state index contributed by atoms with van der Waals surface area (Å²) in [6, 6.07) is 28.1. The van der Waals surface area contributed by atoms with Crippen LogP contribution in [0, 0.1) is 0 Å². The van der Waals surface area contributed by atoms with Crippen molar-refractivity contribution in [3.8, 4) is 11.3 Å². The fraction of sp³-hybridized carbons (Fsp3) is 0. The summed E-state index contributed by atoms with van der Waals surface area (Å²) in [4.78, 5) is 5.09. The monoisotopic (exact) mass is 367 g/mol. The molecule has 0 fully saturated rings. The van der Waals surface area contributed by atoms with E-state index in [2.05, 4.69) is 78.9 Å². The zero-order valence-corrected chi connectivity index (χ0v) is 15.4. The van der Waals surface area contributed by atoms with Crippen LogP contribution >= 0.6 is 22.7 Å². The minimum Gasteiger partial charge on any atom is -0.246 e. The molecule has 3 heteroatoms. The summed E-state index contributed by atoms with van der Waals surface area (Å²) in [6.45, 7) is 0. The van der Waals surface area contributed by atoms with Gasteiger partial charge in [-0.15, -0.1) is 22.7 Å². The Morgan fingerprint density at radius 3 is 2.12 bits per heavy atom. The second kappa shape index (κ2) is 5.37. The Kier molecular flexibility index (Phi) is 2.98. The Bertz CT molecular complexity index is 1440. The van der Waals surface area contributed by atoms with E-state index in [0.29, 0.717) is 0 Å². The number of benzene rings is 3. The molecule has 1 nitrogen and oxygen atoms in total. The molecule has 0 bridgehead atoms. The second-order valence-corrected chi connectivity index (χ2v) is 8.59. The van der Waals surface area contributed by atoms with Gasteiger partial charge in [-0.25, -0.2) is 4.98 Å². The van der Waals surface area contributed by atoms with Crippen LogP contribution in [-0.4, -0.2) is 4.98 Å². The van der Waals surface area contributed by atoms with E-state index < -0.39 is 0 Å². The second-order valence-electron chi connectivity index (χ2n) is 6.42. The van der Waals surface area contributed by atoms with Crippen LogP contribution in [-0.2, 0) is 0 Å². The molecule has 26 heavy (non-hydrogen) atoms. The predicted molar refractivity (Wildman–Crippen MR) is 115 cm³/mol. The molecule has 6 aromatic rings. The molecule has 0 saturated carbocycles. The molecule has 6 rings (SSSR count). The van der Waals surface area contributed by atoms with E-state index in [1.807, 2.05) is 22.7 Å². The lowest BCUT2D eigenvalue weighted by Gasteiger charge is -2.04. The average molecular weight is 367 g/mol. The minimum absolute atomic E-state index is 1.05. The maximum atomic E-state index is 5.09. The van der Waals surface area contributed by atoms with E-state index >= 15 is 0 Å². The zero-order valence-electron chi connectivity index (χ0n) is 13.8. The van der Waals surface area contributed by atoms with Crippen LogP contribution in [0.4, 0.5) is 0 Å². The number of hydrogen-bond donors (Lipinski definition) is 0.